The molecule has 2 rings (SSSR count). The maximum atomic E-state index is 13.6. The maximum Gasteiger partial charge on any atom is 0.258 e. The number of rotatable bonds is 2. The van der Waals surface area contributed by atoms with E-state index in [1.807, 2.05) is 0 Å². The summed E-state index contributed by atoms with van der Waals surface area (Å²) in [5.74, 6) is -1.25. The third kappa shape index (κ3) is 3.03. The fourth-order valence-corrected chi connectivity index (χ4v) is 2.04. The van der Waals surface area contributed by atoms with Crippen molar-refractivity contribution in [3.63, 3.8) is 0 Å². The van der Waals surface area contributed by atoms with Gasteiger partial charge in [-0.25, -0.2) is 4.39 Å². The Bertz CT molecular complexity index is 689. The van der Waals surface area contributed by atoms with E-state index in [9.17, 15) is 9.18 Å². The molecule has 104 valence electrons. The SMILES string of the molecule is Cc1cc(N)c(Cl)cc1NC(=O)c1cc(Cl)ccc1F. The van der Waals surface area contributed by atoms with Crippen molar-refractivity contribution in [2.24, 2.45) is 0 Å². The molecular formula is C14H11Cl2FN2O. The number of amides is 1. The van der Waals surface area contributed by atoms with Crippen LogP contribution in [-0.2, 0) is 0 Å². The van der Waals surface area contributed by atoms with E-state index in [0.29, 0.717) is 16.4 Å². The molecule has 0 aromatic heterocycles. The Morgan fingerprint density at radius 1 is 1.25 bits per heavy atom. The molecule has 0 fully saturated rings. The molecule has 0 aliphatic carbocycles. The topological polar surface area (TPSA) is 55.1 Å². The van der Waals surface area contributed by atoms with Crippen LogP contribution in [0.3, 0.4) is 0 Å². The molecule has 0 aliphatic heterocycles. The number of nitrogens with two attached hydrogens (primary N) is 1. The Balaban J connectivity index is 2.32. The van der Waals surface area contributed by atoms with E-state index >= 15 is 0 Å². The van der Waals surface area contributed by atoms with Crippen LogP contribution in [-0.4, -0.2) is 5.91 Å². The first-order valence-electron chi connectivity index (χ1n) is 5.70. The zero-order valence-corrected chi connectivity index (χ0v) is 12.0. The van der Waals surface area contributed by atoms with Crippen molar-refractivity contribution in [3.8, 4) is 0 Å². The summed E-state index contributed by atoms with van der Waals surface area (Å²) in [7, 11) is 0. The number of halogens is 3. The Kier molecular flexibility index (Phi) is 4.16. The monoisotopic (exact) mass is 312 g/mol. The highest BCUT2D eigenvalue weighted by Crippen LogP contribution is 2.27. The number of benzene rings is 2. The highest BCUT2D eigenvalue weighted by molar-refractivity contribution is 6.33. The van der Waals surface area contributed by atoms with Crippen LogP contribution < -0.4 is 11.1 Å². The number of aryl methyl sites for hydroxylation is 1. The summed E-state index contributed by atoms with van der Waals surface area (Å²) in [5.41, 5.74) is 7.12. The minimum absolute atomic E-state index is 0.134. The number of anilines is 2. The van der Waals surface area contributed by atoms with Gasteiger partial charge in [-0.15, -0.1) is 0 Å². The Hall–Kier alpha value is -1.78. The van der Waals surface area contributed by atoms with Crippen LogP contribution in [0.1, 0.15) is 15.9 Å². The minimum Gasteiger partial charge on any atom is -0.398 e. The van der Waals surface area contributed by atoms with Crippen molar-refractivity contribution >= 4 is 40.5 Å². The summed E-state index contributed by atoms with van der Waals surface area (Å²) < 4.78 is 13.6. The lowest BCUT2D eigenvalue weighted by Gasteiger charge is -2.11. The maximum absolute atomic E-state index is 13.6. The first-order valence-corrected chi connectivity index (χ1v) is 6.46. The molecule has 0 bridgehead atoms. The van der Waals surface area contributed by atoms with Crippen molar-refractivity contribution in [1.29, 1.82) is 0 Å². The van der Waals surface area contributed by atoms with Crippen molar-refractivity contribution in [1.82, 2.24) is 0 Å². The molecule has 3 N–H and O–H groups in total. The van der Waals surface area contributed by atoms with Gasteiger partial charge in [-0.2, -0.15) is 0 Å². The minimum atomic E-state index is -0.647. The number of carbonyl (C=O) groups is 1. The van der Waals surface area contributed by atoms with E-state index < -0.39 is 11.7 Å². The second-order valence-electron chi connectivity index (χ2n) is 4.27. The van der Waals surface area contributed by atoms with Gasteiger partial charge in [0.2, 0.25) is 0 Å². The van der Waals surface area contributed by atoms with Gasteiger partial charge in [0.1, 0.15) is 5.82 Å². The summed E-state index contributed by atoms with van der Waals surface area (Å²) in [5, 5.41) is 3.18. The number of nitrogen functional groups attached to an aromatic ring is 1. The van der Waals surface area contributed by atoms with Gasteiger partial charge in [-0.1, -0.05) is 23.2 Å². The van der Waals surface area contributed by atoms with Gasteiger partial charge < -0.3 is 11.1 Å². The van der Waals surface area contributed by atoms with Crippen LogP contribution in [0.25, 0.3) is 0 Å². The molecule has 3 nitrogen and oxygen atoms in total. The largest absolute Gasteiger partial charge is 0.398 e. The van der Waals surface area contributed by atoms with Gasteiger partial charge >= 0.3 is 0 Å². The molecule has 0 unspecified atom stereocenters. The Labute approximate surface area is 125 Å². The van der Waals surface area contributed by atoms with Gasteiger partial charge in [0, 0.05) is 10.7 Å². The molecule has 0 saturated heterocycles. The predicted molar refractivity (Wildman–Crippen MR) is 80.0 cm³/mol. The molecular weight excluding hydrogens is 302 g/mol. The molecule has 6 heteroatoms. The van der Waals surface area contributed by atoms with Crippen molar-refractivity contribution in [3.05, 3.63) is 57.3 Å². The van der Waals surface area contributed by atoms with Gasteiger partial charge in [-0.3, -0.25) is 4.79 Å². The lowest BCUT2D eigenvalue weighted by molar-refractivity contribution is 0.102. The van der Waals surface area contributed by atoms with Crippen molar-refractivity contribution in [2.75, 3.05) is 11.1 Å². The van der Waals surface area contributed by atoms with Crippen LogP contribution in [0.4, 0.5) is 15.8 Å². The summed E-state index contributed by atoms with van der Waals surface area (Å²) in [6.07, 6.45) is 0. The van der Waals surface area contributed by atoms with E-state index in [1.54, 1.807) is 13.0 Å². The van der Waals surface area contributed by atoms with E-state index in [1.165, 1.54) is 18.2 Å². The molecule has 0 radical (unpaired) electrons. The number of hydrogen-bond donors (Lipinski definition) is 2. The number of hydrogen-bond acceptors (Lipinski definition) is 2. The molecule has 0 spiro atoms. The lowest BCUT2D eigenvalue weighted by atomic mass is 10.1. The highest BCUT2D eigenvalue weighted by Gasteiger charge is 2.14. The number of carbonyl (C=O) groups excluding carboxylic acids is 1. The van der Waals surface area contributed by atoms with Crippen molar-refractivity contribution in [2.45, 2.75) is 6.92 Å². The molecule has 2 aromatic rings. The van der Waals surface area contributed by atoms with Crippen LogP contribution in [0, 0.1) is 12.7 Å². The molecule has 1 amide bonds. The second-order valence-corrected chi connectivity index (χ2v) is 5.11. The third-order valence-corrected chi connectivity index (χ3v) is 3.33. The fraction of sp³-hybridized carbons (Fsp3) is 0.0714. The molecule has 20 heavy (non-hydrogen) atoms. The lowest BCUT2D eigenvalue weighted by Crippen LogP contribution is -2.14. The molecule has 0 heterocycles. The molecule has 0 atom stereocenters. The van der Waals surface area contributed by atoms with Crippen LogP contribution >= 0.6 is 23.2 Å². The van der Waals surface area contributed by atoms with Crippen LogP contribution in [0.2, 0.25) is 10.0 Å². The summed E-state index contributed by atoms with van der Waals surface area (Å²) in [6.45, 7) is 1.76. The van der Waals surface area contributed by atoms with Gasteiger partial charge in [0.05, 0.1) is 16.3 Å². The second kappa shape index (κ2) is 5.69. The van der Waals surface area contributed by atoms with Gasteiger partial charge in [-0.05, 0) is 42.8 Å². The Morgan fingerprint density at radius 3 is 2.65 bits per heavy atom. The van der Waals surface area contributed by atoms with E-state index in [4.69, 9.17) is 28.9 Å². The average molecular weight is 313 g/mol. The molecule has 0 aliphatic rings. The van der Waals surface area contributed by atoms with Crippen molar-refractivity contribution < 1.29 is 9.18 Å². The quantitative estimate of drug-likeness (QED) is 0.813. The van der Waals surface area contributed by atoms with E-state index in [0.717, 1.165) is 11.6 Å². The zero-order chi connectivity index (χ0) is 14.9. The first-order chi connectivity index (χ1) is 9.38. The fourth-order valence-electron chi connectivity index (χ4n) is 1.70. The van der Waals surface area contributed by atoms with Gasteiger partial charge in [0.25, 0.3) is 5.91 Å². The summed E-state index contributed by atoms with van der Waals surface area (Å²) in [6, 6.07) is 6.93. The summed E-state index contributed by atoms with van der Waals surface area (Å²) in [4.78, 5) is 12.1. The number of nitrogens with one attached hydrogen (secondary N) is 1. The normalized spacial score (nSPS) is 10.4. The third-order valence-electron chi connectivity index (χ3n) is 2.76. The van der Waals surface area contributed by atoms with E-state index in [2.05, 4.69) is 5.32 Å². The smallest absolute Gasteiger partial charge is 0.258 e. The van der Waals surface area contributed by atoms with Crippen LogP contribution in [0.15, 0.2) is 30.3 Å². The van der Waals surface area contributed by atoms with Gasteiger partial charge in [0.15, 0.2) is 0 Å². The standard InChI is InChI=1S/C14H11Cl2FN2O/c1-7-4-12(18)10(16)6-13(7)19-14(20)9-5-8(15)2-3-11(9)17/h2-6H,18H2,1H3,(H,19,20). The predicted octanol–water partition coefficient (Wildman–Crippen LogP) is 4.28. The highest BCUT2D eigenvalue weighted by atomic mass is 35.5. The Morgan fingerprint density at radius 2 is 1.95 bits per heavy atom. The molecule has 2 aromatic carbocycles. The first kappa shape index (κ1) is 14.6. The average Bonchev–Trinajstić information content (AvgIpc) is 2.38. The zero-order valence-electron chi connectivity index (χ0n) is 10.5. The van der Waals surface area contributed by atoms with Crippen LogP contribution in [0.5, 0.6) is 0 Å². The van der Waals surface area contributed by atoms with E-state index in [-0.39, 0.29) is 10.6 Å². The summed E-state index contributed by atoms with van der Waals surface area (Å²) >= 11 is 11.7. The molecule has 0 saturated carbocycles.